The number of halogens is 1. The lowest BCUT2D eigenvalue weighted by Gasteiger charge is -2.15. The summed E-state index contributed by atoms with van der Waals surface area (Å²) < 4.78 is 6.10. The summed E-state index contributed by atoms with van der Waals surface area (Å²) in [5, 5.41) is 7.53. The Morgan fingerprint density at radius 2 is 2.14 bits per heavy atom. The second kappa shape index (κ2) is 9.43. The van der Waals surface area contributed by atoms with Crippen LogP contribution in [0.1, 0.15) is 25.1 Å². The minimum Gasteiger partial charge on any atom is -0.494 e. The lowest BCUT2D eigenvalue weighted by Crippen LogP contribution is -2.31. The molecule has 29 heavy (non-hydrogen) atoms. The molecular weight excluding hydrogens is 432 g/mol. The highest BCUT2D eigenvalue weighted by Gasteiger charge is 2.40. The predicted octanol–water partition coefficient (Wildman–Crippen LogP) is 3.90. The van der Waals surface area contributed by atoms with Gasteiger partial charge in [-0.3, -0.25) is 9.59 Å². The van der Waals surface area contributed by atoms with Crippen LogP contribution in [-0.2, 0) is 9.59 Å². The van der Waals surface area contributed by atoms with Gasteiger partial charge in [0.05, 0.1) is 27.2 Å². The summed E-state index contributed by atoms with van der Waals surface area (Å²) in [6, 6.07) is 10.5. The molecule has 2 amide bonds. The van der Waals surface area contributed by atoms with Crippen LogP contribution < -0.4 is 15.4 Å². The Morgan fingerprint density at radius 3 is 2.83 bits per heavy atom. The van der Waals surface area contributed by atoms with Gasteiger partial charge >= 0.3 is 0 Å². The Hall–Kier alpha value is -2.36. The Morgan fingerprint density at radius 1 is 1.34 bits per heavy atom. The van der Waals surface area contributed by atoms with Gasteiger partial charge in [0.15, 0.2) is 5.17 Å². The third-order valence-electron chi connectivity index (χ3n) is 3.98. The van der Waals surface area contributed by atoms with Crippen LogP contribution in [0.25, 0.3) is 0 Å². The molecule has 1 saturated heterocycles. The van der Waals surface area contributed by atoms with Crippen LogP contribution >= 0.6 is 34.7 Å². The van der Waals surface area contributed by atoms with Gasteiger partial charge in [-0.2, -0.15) is 5.10 Å². The first-order chi connectivity index (χ1) is 13.9. The number of hydrogen-bond donors (Lipinski definition) is 1. The van der Waals surface area contributed by atoms with E-state index in [1.54, 1.807) is 37.3 Å². The smallest absolute Gasteiger partial charge is 0.247 e. The molecule has 1 aliphatic rings. The van der Waals surface area contributed by atoms with Crippen LogP contribution in [0.2, 0.25) is 4.34 Å². The lowest BCUT2D eigenvalue weighted by molar-refractivity contribution is -0.121. The molecule has 7 nitrogen and oxygen atoms in total. The maximum atomic E-state index is 12.8. The molecule has 1 aromatic carbocycles. The topological polar surface area (TPSA) is 97.3 Å². The summed E-state index contributed by atoms with van der Waals surface area (Å²) in [6.45, 7) is 4.15. The number of carbonyl (C=O) groups is 2. The molecule has 152 valence electrons. The van der Waals surface area contributed by atoms with Crippen molar-refractivity contribution in [3.05, 3.63) is 45.6 Å². The van der Waals surface area contributed by atoms with Gasteiger partial charge in [0.2, 0.25) is 11.8 Å². The summed E-state index contributed by atoms with van der Waals surface area (Å²) in [5.74, 6) is -0.0272. The third kappa shape index (κ3) is 5.17. The summed E-state index contributed by atoms with van der Waals surface area (Å²) >= 11 is 8.33. The van der Waals surface area contributed by atoms with E-state index in [1.807, 2.05) is 13.0 Å². The highest BCUT2D eigenvalue weighted by Crippen LogP contribution is 2.31. The van der Waals surface area contributed by atoms with Gasteiger partial charge in [-0.05, 0) is 38.1 Å². The second-order valence-electron chi connectivity index (χ2n) is 6.04. The van der Waals surface area contributed by atoms with Crippen molar-refractivity contribution in [3.8, 4) is 5.75 Å². The van der Waals surface area contributed by atoms with Crippen LogP contribution in [0, 0.1) is 0 Å². The highest BCUT2D eigenvalue weighted by atomic mass is 35.5. The fraction of sp³-hybridized carbons (Fsp3) is 0.263. The molecule has 0 spiro atoms. The Kier molecular flexibility index (Phi) is 6.94. The van der Waals surface area contributed by atoms with Gasteiger partial charge in [0, 0.05) is 12.5 Å². The number of benzene rings is 1. The maximum Gasteiger partial charge on any atom is 0.247 e. The zero-order valence-corrected chi connectivity index (χ0v) is 18.2. The van der Waals surface area contributed by atoms with Crippen LogP contribution in [0.5, 0.6) is 5.75 Å². The SMILES string of the molecule is CCOc1cccc(N2C(=O)CC(SC(N)=NN=C(C)c3ccc(Cl)s3)C2=O)c1. The number of nitrogens with zero attached hydrogens (tertiary/aromatic N) is 3. The normalized spacial score (nSPS) is 17.9. The van der Waals surface area contributed by atoms with Gasteiger partial charge in [-0.15, -0.1) is 16.4 Å². The fourth-order valence-electron chi connectivity index (χ4n) is 2.70. The number of anilines is 1. The molecule has 2 N–H and O–H groups in total. The van der Waals surface area contributed by atoms with E-state index in [0.717, 1.165) is 21.5 Å². The number of hydrogen-bond acceptors (Lipinski definition) is 7. The van der Waals surface area contributed by atoms with Crippen molar-refractivity contribution < 1.29 is 14.3 Å². The minimum absolute atomic E-state index is 0.0435. The van der Waals surface area contributed by atoms with Crippen molar-refractivity contribution in [2.45, 2.75) is 25.5 Å². The quantitative estimate of drug-likeness (QED) is 0.311. The van der Waals surface area contributed by atoms with Crippen molar-refractivity contribution in [2.75, 3.05) is 11.5 Å². The van der Waals surface area contributed by atoms with Crippen molar-refractivity contribution in [1.82, 2.24) is 0 Å². The molecule has 2 heterocycles. The molecule has 1 aliphatic heterocycles. The van der Waals surface area contributed by atoms with E-state index in [-0.39, 0.29) is 23.4 Å². The van der Waals surface area contributed by atoms with Gasteiger partial charge in [-0.25, -0.2) is 4.90 Å². The first kappa shape index (κ1) is 21.4. The molecule has 3 rings (SSSR count). The molecule has 0 aliphatic carbocycles. The average molecular weight is 451 g/mol. The molecular formula is C19H19ClN4O3S2. The van der Waals surface area contributed by atoms with Crippen LogP contribution in [0.3, 0.4) is 0 Å². The van der Waals surface area contributed by atoms with E-state index < -0.39 is 5.25 Å². The van der Waals surface area contributed by atoms with Gasteiger partial charge in [0.25, 0.3) is 0 Å². The van der Waals surface area contributed by atoms with E-state index in [4.69, 9.17) is 22.1 Å². The number of nitrogens with two attached hydrogens (primary N) is 1. The van der Waals surface area contributed by atoms with Crippen molar-refractivity contribution >= 4 is 63.1 Å². The summed E-state index contributed by atoms with van der Waals surface area (Å²) in [4.78, 5) is 27.2. The second-order valence-corrected chi connectivity index (χ2v) is 8.97. The summed E-state index contributed by atoms with van der Waals surface area (Å²) in [6.07, 6.45) is 0.0435. The Labute approximate surface area is 181 Å². The number of imide groups is 1. The Bertz CT molecular complexity index is 989. The zero-order chi connectivity index (χ0) is 21.0. The number of thioether (sulfide) groups is 1. The molecule has 2 aromatic rings. The molecule has 1 atom stereocenters. The molecule has 0 radical (unpaired) electrons. The number of rotatable bonds is 6. The molecule has 1 aromatic heterocycles. The average Bonchev–Trinajstić information content (AvgIpc) is 3.23. The number of amides is 2. The fourth-order valence-corrected chi connectivity index (χ4v) is 4.49. The molecule has 1 fully saturated rings. The van der Waals surface area contributed by atoms with E-state index in [9.17, 15) is 9.59 Å². The molecule has 10 heteroatoms. The van der Waals surface area contributed by atoms with Crippen molar-refractivity contribution in [3.63, 3.8) is 0 Å². The van der Waals surface area contributed by atoms with E-state index in [2.05, 4.69) is 10.2 Å². The molecule has 0 saturated carbocycles. The van der Waals surface area contributed by atoms with E-state index in [1.165, 1.54) is 11.3 Å². The van der Waals surface area contributed by atoms with E-state index >= 15 is 0 Å². The van der Waals surface area contributed by atoms with Gasteiger partial charge in [-0.1, -0.05) is 29.4 Å². The van der Waals surface area contributed by atoms with E-state index in [0.29, 0.717) is 28.1 Å². The van der Waals surface area contributed by atoms with Gasteiger partial charge < -0.3 is 10.5 Å². The Balaban J connectivity index is 1.70. The number of amidine groups is 1. The van der Waals surface area contributed by atoms with Crippen molar-refractivity contribution in [1.29, 1.82) is 0 Å². The van der Waals surface area contributed by atoms with Crippen LogP contribution in [0.4, 0.5) is 5.69 Å². The first-order valence-electron chi connectivity index (χ1n) is 8.78. The minimum atomic E-state index is -0.645. The zero-order valence-electron chi connectivity index (χ0n) is 15.8. The number of thiophene rings is 1. The third-order valence-corrected chi connectivity index (χ3v) is 6.30. The molecule has 0 bridgehead atoms. The largest absolute Gasteiger partial charge is 0.494 e. The maximum absolute atomic E-state index is 12.8. The monoisotopic (exact) mass is 450 g/mol. The summed E-state index contributed by atoms with van der Waals surface area (Å²) in [7, 11) is 0. The standard InChI is InChI=1S/C19H19ClN4O3S2/c1-3-27-13-6-4-5-12(9-13)24-17(25)10-15(18(24)26)29-19(21)23-22-11(2)14-7-8-16(20)28-14/h4-9,15H,3,10H2,1-2H3,(H2,21,23). The van der Waals surface area contributed by atoms with Crippen LogP contribution in [-0.4, -0.2) is 34.6 Å². The van der Waals surface area contributed by atoms with Gasteiger partial charge in [0.1, 0.15) is 11.0 Å². The predicted molar refractivity (Wildman–Crippen MR) is 119 cm³/mol. The lowest BCUT2D eigenvalue weighted by atomic mass is 10.3. The number of carbonyl (C=O) groups excluding carboxylic acids is 2. The highest BCUT2D eigenvalue weighted by molar-refractivity contribution is 8.14. The molecule has 1 unspecified atom stereocenters. The van der Waals surface area contributed by atoms with Crippen LogP contribution in [0.15, 0.2) is 46.6 Å². The summed E-state index contributed by atoms with van der Waals surface area (Å²) in [5.41, 5.74) is 7.06. The van der Waals surface area contributed by atoms with Crippen molar-refractivity contribution in [2.24, 2.45) is 15.9 Å². The first-order valence-corrected chi connectivity index (χ1v) is 10.9. The number of ether oxygens (including phenoxy) is 1.